The van der Waals surface area contributed by atoms with E-state index < -0.39 is 9.84 Å². The maximum Gasteiger partial charge on any atom is 0.250 e. The molecule has 28 heavy (non-hydrogen) atoms. The Hall–Kier alpha value is -2.13. The van der Waals surface area contributed by atoms with Crippen molar-refractivity contribution in [3.8, 4) is 11.4 Å². The number of rotatable bonds is 6. The zero-order chi connectivity index (χ0) is 19.6. The van der Waals surface area contributed by atoms with E-state index in [1.807, 2.05) is 12.3 Å². The second kappa shape index (κ2) is 8.08. The molecular formula is C19H23N5O2S2. The van der Waals surface area contributed by atoms with Crippen LogP contribution < -0.4 is 0 Å². The van der Waals surface area contributed by atoms with Crippen molar-refractivity contribution in [3.63, 3.8) is 0 Å². The van der Waals surface area contributed by atoms with Crippen LogP contribution in [-0.4, -0.2) is 33.2 Å². The Kier molecular flexibility index (Phi) is 5.54. The molecule has 3 heterocycles. The van der Waals surface area contributed by atoms with Gasteiger partial charge in [-0.1, -0.05) is 19.3 Å². The van der Waals surface area contributed by atoms with Crippen LogP contribution in [-0.2, 0) is 22.1 Å². The van der Waals surface area contributed by atoms with Crippen molar-refractivity contribution in [2.75, 3.05) is 0 Å². The third kappa shape index (κ3) is 3.86. The highest BCUT2D eigenvalue weighted by molar-refractivity contribution is 7.90. The molecule has 0 N–H and O–H groups in total. The summed E-state index contributed by atoms with van der Waals surface area (Å²) in [6, 6.07) is 3.59. The first-order valence-electron chi connectivity index (χ1n) is 9.59. The maximum absolute atomic E-state index is 13.0. The second-order valence-electron chi connectivity index (χ2n) is 7.06. The second-order valence-corrected chi connectivity index (χ2v) is 9.83. The molecular weight excluding hydrogens is 394 g/mol. The van der Waals surface area contributed by atoms with E-state index in [1.54, 1.807) is 40.4 Å². The van der Waals surface area contributed by atoms with Crippen LogP contribution in [0.15, 0.2) is 35.1 Å². The van der Waals surface area contributed by atoms with Crippen molar-refractivity contribution in [1.29, 1.82) is 0 Å². The Morgan fingerprint density at radius 2 is 1.89 bits per heavy atom. The Labute approximate surface area is 168 Å². The summed E-state index contributed by atoms with van der Waals surface area (Å²) in [4.78, 5) is 8.63. The lowest BCUT2D eigenvalue weighted by atomic mass is 9.90. The third-order valence-corrected chi connectivity index (χ3v) is 7.70. The van der Waals surface area contributed by atoms with E-state index in [9.17, 15) is 8.42 Å². The summed E-state index contributed by atoms with van der Waals surface area (Å²) < 4.78 is 27.7. The number of nitrogens with zero attached hydrogens (tertiary/aromatic N) is 5. The summed E-state index contributed by atoms with van der Waals surface area (Å²) in [6.07, 6.45) is 9.36. The van der Waals surface area contributed by atoms with Gasteiger partial charge in [0.05, 0.1) is 10.7 Å². The van der Waals surface area contributed by atoms with E-state index in [-0.39, 0.29) is 10.9 Å². The number of pyridine rings is 1. The highest BCUT2D eigenvalue weighted by atomic mass is 32.2. The summed E-state index contributed by atoms with van der Waals surface area (Å²) in [7, 11) is -3.64. The van der Waals surface area contributed by atoms with Gasteiger partial charge in [-0.3, -0.25) is 9.55 Å². The lowest BCUT2D eigenvalue weighted by Crippen LogP contribution is -2.13. The molecule has 0 bridgehead atoms. The van der Waals surface area contributed by atoms with Crippen LogP contribution in [0.2, 0.25) is 0 Å². The monoisotopic (exact) mass is 417 g/mol. The molecule has 7 nitrogen and oxygen atoms in total. The summed E-state index contributed by atoms with van der Waals surface area (Å²) >= 11 is 1.58. The number of hydrogen-bond donors (Lipinski definition) is 0. The molecule has 0 saturated heterocycles. The van der Waals surface area contributed by atoms with Gasteiger partial charge in [0.1, 0.15) is 5.75 Å². The average Bonchev–Trinajstić information content (AvgIpc) is 3.36. The molecule has 0 radical (unpaired) electrons. The lowest BCUT2D eigenvalue weighted by Gasteiger charge is -2.18. The van der Waals surface area contributed by atoms with E-state index >= 15 is 0 Å². The molecule has 3 aromatic heterocycles. The molecule has 148 valence electrons. The minimum Gasteiger partial charge on any atom is -0.298 e. The quantitative estimate of drug-likeness (QED) is 0.605. The van der Waals surface area contributed by atoms with Crippen molar-refractivity contribution in [3.05, 3.63) is 40.6 Å². The fourth-order valence-corrected chi connectivity index (χ4v) is 6.18. The first-order chi connectivity index (χ1) is 13.6. The van der Waals surface area contributed by atoms with Crippen molar-refractivity contribution < 1.29 is 8.42 Å². The van der Waals surface area contributed by atoms with Gasteiger partial charge in [-0.15, -0.1) is 21.5 Å². The molecule has 1 aliphatic rings. The van der Waals surface area contributed by atoms with Crippen LogP contribution in [0.25, 0.3) is 11.4 Å². The standard InChI is InChI=1S/C19H23N5O2S2/c1-2-24-17(14-8-10-20-11-9-14)22-23-19(24)28(25,26)13-16-12-27-18(21-16)15-6-4-3-5-7-15/h8-12,15H,2-7,13H2,1H3. The Balaban J connectivity index is 1.59. The normalized spacial score (nSPS) is 15.8. The van der Waals surface area contributed by atoms with Crippen LogP contribution in [0.5, 0.6) is 0 Å². The van der Waals surface area contributed by atoms with Gasteiger partial charge in [-0.25, -0.2) is 13.4 Å². The number of aromatic nitrogens is 5. The van der Waals surface area contributed by atoms with Gasteiger partial charge in [0.15, 0.2) is 5.82 Å². The molecule has 0 spiro atoms. The largest absolute Gasteiger partial charge is 0.298 e. The predicted molar refractivity (Wildman–Crippen MR) is 108 cm³/mol. The molecule has 0 aliphatic heterocycles. The topological polar surface area (TPSA) is 90.6 Å². The predicted octanol–water partition coefficient (Wildman–Crippen LogP) is 3.84. The van der Waals surface area contributed by atoms with Crippen LogP contribution >= 0.6 is 11.3 Å². The zero-order valence-electron chi connectivity index (χ0n) is 15.8. The van der Waals surface area contributed by atoms with Crippen molar-refractivity contribution in [1.82, 2.24) is 24.7 Å². The van der Waals surface area contributed by atoms with Crippen molar-refractivity contribution in [2.24, 2.45) is 0 Å². The molecule has 0 aromatic carbocycles. The van der Waals surface area contributed by atoms with Gasteiger partial charge in [-0.05, 0) is 31.9 Å². The van der Waals surface area contributed by atoms with Gasteiger partial charge in [0.2, 0.25) is 15.0 Å². The highest BCUT2D eigenvalue weighted by Gasteiger charge is 2.27. The smallest absolute Gasteiger partial charge is 0.250 e. The Bertz CT molecular complexity index is 1040. The van der Waals surface area contributed by atoms with Crippen LogP contribution in [0.3, 0.4) is 0 Å². The molecule has 3 aromatic rings. The van der Waals surface area contributed by atoms with E-state index in [0.717, 1.165) is 23.4 Å². The molecule has 1 saturated carbocycles. The Morgan fingerprint density at radius 3 is 2.61 bits per heavy atom. The molecule has 4 rings (SSSR count). The Morgan fingerprint density at radius 1 is 1.14 bits per heavy atom. The minimum atomic E-state index is -3.64. The van der Waals surface area contributed by atoms with E-state index in [0.29, 0.717) is 24.0 Å². The lowest BCUT2D eigenvalue weighted by molar-refractivity contribution is 0.442. The zero-order valence-corrected chi connectivity index (χ0v) is 17.4. The minimum absolute atomic E-state index is 0.00553. The fourth-order valence-electron chi connectivity index (χ4n) is 3.70. The first-order valence-corrected chi connectivity index (χ1v) is 12.1. The summed E-state index contributed by atoms with van der Waals surface area (Å²) in [6.45, 7) is 2.35. The average molecular weight is 418 g/mol. The number of thiazole rings is 1. The van der Waals surface area contributed by atoms with E-state index in [2.05, 4.69) is 20.2 Å². The third-order valence-electron chi connectivity index (χ3n) is 5.11. The highest BCUT2D eigenvalue weighted by Crippen LogP contribution is 2.34. The van der Waals surface area contributed by atoms with Crippen LogP contribution in [0.1, 0.15) is 55.6 Å². The summed E-state index contributed by atoms with van der Waals surface area (Å²) in [5, 5.41) is 11.1. The molecule has 0 atom stereocenters. The number of hydrogen-bond acceptors (Lipinski definition) is 7. The van der Waals surface area contributed by atoms with Crippen molar-refractivity contribution >= 4 is 21.2 Å². The van der Waals surface area contributed by atoms with Crippen molar-refractivity contribution in [2.45, 2.75) is 62.4 Å². The van der Waals surface area contributed by atoms with Gasteiger partial charge in [-0.2, -0.15) is 0 Å². The summed E-state index contributed by atoms with van der Waals surface area (Å²) in [5.41, 5.74) is 1.39. The summed E-state index contributed by atoms with van der Waals surface area (Å²) in [5.74, 6) is 0.863. The molecule has 9 heteroatoms. The van der Waals surface area contributed by atoms with Gasteiger partial charge >= 0.3 is 0 Å². The molecule has 1 aliphatic carbocycles. The number of sulfone groups is 1. The van der Waals surface area contributed by atoms with Gasteiger partial charge in [0.25, 0.3) is 0 Å². The van der Waals surface area contributed by atoms with E-state index in [1.165, 1.54) is 19.3 Å². The molecule has 0 unspecified atom stereocenters. The van der Waals surface area contributed by atoms with Crippen LogP contribution in [0, 0.1) is 0 Å². The van der Waals surface area contributed by atoms with E-state index in [4.69, 9.17) is 0 Å². The molecule has 0 amide bonds. The van der Waals surface area contributed by atoms with Crippen LogP contribution in [0.4, 0.5) is 0 Å². The SMILES string of the molecule is CCn1c(-c2ccncc2)nnc1S(=O)(=O)Cc1csc(C2CCCCC2)n1. The molecule has 1 fully saturated rings. The van der Waals surface area contributed by atoms with Gasteiger partial charge in [0, 0.05) is 35.8 Å². The fraction of sp³-hybridized carbons (Fsp3) is 0.474. The van der Waals surface area contributed by atoms with Gasteiger partial charge < -0.3 is 0 Å². The maximum atomic E-state index is 13.0. The first kappa shape index (κ1) is 19.2.